The molecule has 2 aromatic rings. The Morgan fingerprint density at radius 3 is 2.92 bits per heavy atom. The highest BCUT2D eigenvalue weighted by Crippen LogP contribution is 2.19. The molecule has 0 aliphatic carbocycles. The molecule has 1 heterocycles. The molecule has 0 N–H and O–H groups in total. The Balaban J connectivity index is 2.88. The number of nitrogens with zero attached hydrogens (tertiary/aromatic N) is 1. The second-order valence-electron chi connectivity index (χ2n) is 2.45. The molecule has 3 heteroatoms. The fourth-order valence-electron chi connectivity index (χ4n) is 1.08. The number of benzene rings is 1. The Morgan fingerprint density at radius 2 is 2.08 bits per heavy atom. The highest BCUT2D eigenvalue weighted by molar-refractivity contribution is 9.10. The maximum atomic E-state index is 13.1. The van der Waals surface area contributed by atoms with Crippen molar-refractivity contribution in [1.29, 1.82) is 0 Å². The molecule has 0 radical (unpaired) electrons. The van der Waals surface area contributed by atoms with Gasteiger partial charge in [0.25, 0.3) is 0 Å². The first-order valence-corrected chi connectivity index (χ1v) is 4.26. The predicted octanol–water partition coefficient (Wildman–Crippen LogP) is 3.14. The van der Waals surface area contributed by atoms with Crippen molar-refractivity contribution in [3.05, 3.63) is 40.8 Å². The van der Waals surface area contributed by atoms with Crippen LogP contribution in [0.1, 0.15) is 0 Å². The van der Waals surface area contributed by atoms with Crippen molar-refractivity contribution in [2.45, 2.75) is 0 Å². The Kier molecular flexibility index (Phi) is 1.81. The van der Waals surface area contributed by atoms with Gasteiger partial charge in [0, 0.05) is 16.1 Å². The van der Waals surface area contributed by atoms with Gasteiger partial charge in [0.1, 0.15) is 5.82 Å². The lowest BCUT2D eigenvalue weighted by atomic mass is 10.2. The van der Waals surface area contributed by atoms with E-state index in [0.29, 0.717) is 10.9 Å². The molecule has 0 saturated heterocycles. The lowest BCUT2D eigenvalue weighted by Gasteiger charge is -1.97. The molecule has 1 aromatic carbocycles. The summed E-state index contributed by atoms with van der Waals surface area (Å²) in [5.74, 6) is -0.235. The summed E-state index contributed by atoms with van der Waals surface area (Å²) in [4.78, 5) is 4.02. The first kappa shape index (κ1) is 7.68. The van der Waals surface area contributed by atoms with Crippen molar-refractivity contribution < 1.29 is 4.39 Å². The van der Waals surface area contributed by atoms with Crippen molar-refractivity contribution >= 4 is 26.8 Å². The van der Waals surface area contributed by atoms with E-state index in [9.17, 15) is 4.39 Å². The first-order chi connectivity index (χ1) is 5.77. The zero-order valence-electron chi connectivity index (χ0n) is 6.09. The zero-order chi connectivity index (χ0) is 8.55. The standard InChI is InChI=1S/C9H5BrFN/c10-6-1-2-9-7(5-6)8(11)3-4-12-9/h1-5H. The topological polar surface area (TPSA) is 12.9 Å². The van der Waals surface area contributed by atoms with E-state index in [1.54, 1.807) is 12.1 Å². The van der Waals surface area contributed by atoms with Gasteiger partial charge < -0.3 is 0 Å². The Labute approximate surface area is 77.4 Å². The zero-order valence-corrected chi connectivity index (χ0v) is 7.68. The SMILES string of the molecule is Fc1ccnc2ccc(Br)cc12. The summed E-state index contributed by atoms with van der Waals surface area (Å²) in [7, 11) is 0. The third kappa shape index (κ3) is 1.20. The summed E-state index contributed by atoms with van der Waals surface area (Å²) in [6.07, 6.45) is 1.46. The number of pyridine rings is 1. The van der Waals surface area contributed by atoms with E-state index < -0.39 is 0 Å². The van der Waals surface area contributed by atoms with Gasteiger partial charge in [0.05, 0.1) is 5.52 Å². The molecule has 12 heavy (non-hydrogen) atoms. The molecular weight excluding hydrogens is 221 g/mol. The van der Waals surface area contributed by atoms with Gasteiger partial charge in [-0.1, -0.05) is 15.9 Å². The van der Waals surface area contributed by atoms with Crippen LogP contribution < -0.4 is 0 Å². The van der Waals surface area contributed by atoms with Gasteiger partial charge in [-0.25, -0.2) is 4.39 Å². The van der Waals surface area contributed by atoms with Crippen molar-refractivity contribution in [3.8, 4) is 0 Å². The van der Waals surface area contributed by atoms with E-state index >= 15 is 0 Å². The number of hydrogen-bond donors (Lipinski definition) is 0. The maximum absolute atomic E-state index is 13.1. The van der Waals surface area contributed by atoms with Crippen molar-refractivity contribution in [2.75, 3.05) is 0 Å². The molecule has 0 amide bonds. The number of halogens is 2. The quantitative estimate of drug-likeness (QED) is 0.672. The third-order valence-electron chi connectivity index (χ3n) is 1.65. The van der Waals surface area contributed by atoms with E-state index in [1.807, 2.05) is 6.07 Å². The molecule has 0 bridgehead atoms. The maximum Gasteiger partial charge on any atom is 0.134 e. The summed E-state index contributed by atoms with van der Waals surface area (Å²) in [6.45, 7) is 0. The van der Waals surface area contributed by atoms with Gasteiger partial charge in [-0.3, -0.25) is 4.98 Å². The van der Waals surface area contributed by atoms with Crippen LogP contribution in [0.2, 0.25) is 0 Å². The Hall–Kier alpha value is -0.960. The first-order valence-electron chi connectivity index (χ1n) is 3.47. The molecule has 0 spiro atoms. The van der Waals surface area contributed by atoms with Gasteiger partial charge in [0.15, 0.2) is 0 Å². The van der Waals surface area contributed by atoms with E-state index in [2.05, 4.69) is 20.9 Å². The largest absolute Gasteiger partial charge is 0.256 e. The minimum atomic E-state index is -0.235. The summed E-state index contributed by atoms with van der Waals surface area (Å²) in [6, 6.07) is 6.70. The Bertz CT molecular complexity index is 428. The van der Waals surface area contributed by atoms with Gasteiger partial charge in [-0.05, 0) is 24.3 Å². The molecule has 0 aliphatic rings. The van der Waals surface area contributed by atoms with Crippen LogP contribution in [0.25, 0.3) is 10.9 Å². The van der Waals surface area contributed by atoms with E-state index in [1.165, 1.54) is 12.3 Å². The van der Waals surface area contributed by atoms with Gasteiger partial charge in [-0.2, -0.15) is 0 Å². The minimum Gasteiger partial charge on any atom is -0.256 e. The van der Waals surface area contributed by atoms with E-state index in [4.69, 9.17) is 0 Å². The molecule has 0 atom stereocenters. The summed E-state index contributed by atoms with van der Waals surface area (Å²) in [5, 5.41) is 0.548. The molecular formula is C9H5BrFN. The average Bonchev–Trinajstić information content (AvgIpc) is 2.07. The highest BCUT2D eigenvalue weighted by Gasteiger charge is 2.00. The van der Waals surface area contributed by atoms with Crippen molar-refractivity contribution in [2.24, 2.45) is 0 Å². The van der Waals surface area contributed by atoms with Crippen LogP contribution in [0, 0.1) is 5.82 Å². The number of aromatic nitrogens is 1. The summed E-state index contributed by atoms with van der Waals surface area (Å²) in [5.41, 5.74) is 0.679. The monoisotopic (exact) mass is 225 g/mol. The molecule has 2 rings (SSSR count). The van der Waals surface area contributed by atoms with E-state index in [0.717, 1.165) is 4.47 Å². The van der Waals surface area contributed by atoms with Crippen LogP contribution in [-0.2, 0) is 0 Å². The summed E-state index contributed by atoms with van der Waals surface area (Å²) < 4.78 is 14.0. The van der Waals surface area contributed by atoms with Gasteiger partial charge in [0.2, 0.25) is 0 Å². The molecule has 0 aliphatic heterocycles. The second-order valence-corrected chi connectivity index (χ2v) is 3.37. The fraction of sp³-hybridized carbons (Fsp3) is 0. The Morgan fingerprint density at radius 1 is 1.25 bits per heavy atom. The molecule has 1 aromatic heterocycles. The average molecular weight is 226 g/mol. The minimum absolute atomic E-state index is 0.235. The summed E-state index contributed by atoms with van der Waals surface area (Å²) >= 11 is 3.27. The normalized spacial score (nSPS) is 10.5. The smallest absolute Gasteiger partial charge is 0.134 e. The molecule has 1 nitrogen and oxygen atoms in total. The van der Waals surface area contributed by atoms with Crippen LogP contribution in [0.3, 0.4) is 0 Å². The lowest BCUT2D eigenvalue weighted by molar-refractivity contribution is 0.638. The molecule has 0 fully saturated rings. The fourth-order valence-corrected chi connectivity index (χ4v) is 1.45. The van der Waals surface area contributed by atoms with Crippen LogP contribution in [0.15, 0.2) is 34.9 Å². The van der Waals surface area contributed by atoms with Crippen molar-refractivity contribution in [3.63, 3.8) is 0 Å². The predicted molar refractivity (Wildman–Crippen MR) is 49.4 cm³/mol. The molecule has 0 unspecified atom stereocenters. The highest BCUT2D eigenvalue weighted by atomic mass is 79.9. The molecule has 60 valence electrons. The lowest BCUT2D eigenvalue weighted by Crippen LogP contribution is -1.82. The second kappa shape index (κ2) is 2.83. The van der Waals surface area contributed by atoms with Gasteiger partial charge >= 0.3 is 0 Å². The van der Waals surface area contributed by atoms with Crippen LogP contribution in [-0.4, -0.2) is 4.98 Å². The third-order valence-corrected chi connectivity index (χ3v) is 2.14. The van der Waals surface area contributed by atoms with Crippen LogP contribution in [0.4, 0.5) is 4.39 Å². The van der Waals surface area contributed by atoms with Crippen molar-refractivity contribution in [1.82, 2.24) is 4.98 Å². The number of rotatable bonds is 0. The number of hydrogen-bond acceptors (Lipinski definition) is 1. The van der Waals surface area contributed by atoms with E-state index in [-0.39, 0.29) is 5.82 Å². The van der Waals surface area contributed by atoms with Gasteiger partial charge in [-0.15, -0.1) is 0 Å². The number of fused-ring (bicyclic) bond motifs is 1. The van der Waals surface area contributed by atoms with Crippen LogP contribution in [0.5, 0.6) is 0 Å². The molecule has 0 saturated carbocycles. The van der Waals surface area contributed by atoms with Crippen LogP contribution >= 0.6 is 15.9 Å².